The first-order chi connectivity index (χ1) is 7.95. The van der Waals surface area contributed by atoms with Gasteiger partial charge in [-0.1, -0.05) is 0 Å². The van der Waals surface area contributed by atoms with E-state index in [1.165, 1.54) is 11.4 Å². The molecule has 1 aromatic rings. The van der Waals surface area contributed by atoms with Crippen LogP contribution in [0.25, 0.3) is 0 Å². The molecule has 2 aliphatic rings. The molecule has 3 rings (SSSR count). The summed E-state index contributed by atoms with van der Waals surface area (Å²) in [5.41, 5.74) is 2.44. The fourth-order valence-corrected chi connectivity index (χ4v) is 2.44. The number of hydrogen-bond acceptors (Lipinski definition) is 4. The fourth-order valence-electron chi connectivity index (χ4n) is 2.44. The molecule has 0 amide bonds. The topological polar surface area (TPSA) is 47.0 Å². The smallest absolute Gasteiger partial charge is 0.0677 e. The lowest BCUT2D eigenvalue weighted by atomic mass is 9.88. The maximum absolute atomic E-state index is 5.40. The molecule has 86 valence electrons. The molecule has 0 saturated carbocycles. The van der Waals surface area contributed by atoms with Gasteiger partial charge in [-0.15, -0.1) is 0 Å². The molecule has 0 aromatic carbocycles. The third-order valence-corrected chi connectivity index (χ3v) is 3.53. The van der Waals surface area contributed by atoms with E-state index in [2.05, 4.69) is 15.3 Å². The van der Waals surface area contributed by atoms with E-state index in [-0.39, 0.29) is 0 Å². The van der Waals surface area contributed by atoms with Gasteiger partial charge in [0.05, 0.1) is 11.4 Å². The Labute approximate surface area is 95.4 Å². The van der Waals surface area contributed by atoms with E-state index in [1.54, 1.807) is 0 Å². The van der Waals surface area contributed by atoms with E-state index in [0.29, 0.717) is 11.8 Å². The summed E-state index contributed by atoms with van der Waals surface area (Å²) in [7, 11) is 0. The first-order valence-electron chi connectivity index (χ1n) is 6.04. The first-order valence-corrected chi connectivity index (χ1v) is 6.04. The Morgan fingerprint density at radius 3 is 2.19 bits per heavy atom. The molecule has 4 nitrogen and oxygen atoms in total. The molecule has 2 saturated heterocycles. The Kier molecular flexibility index (Phi) is 2.84. The summed E-state index contributed by atoms with van der Waals surface area (Å²) in [6.07, 6.45) is 5.81. The van der Waals surface area contributed by atoms with Crippen LogP contribution < -0.4 is 5.32 Å². The molecular formula is C12H17N3O. The van der Waals surface area contributed by atoms with Crippen LogP contribution in [0.2, 0.25) is 0 Å². The quantitative estimate of drug-likeness (QED) is 0.808. The van der Waals surface area contributed by atoms with Crippen LogP contribution in [0.3, 0.4) is 0 Å². The summed E-state index contributed by atoms with van der Waals surface area (Å²) >= 11 is 0. The Bertz CT molecular complexity index is 359. The highest BCUT2D eigenvalue weighted by Gasteiger charge is 2.28. The molecule has 2 fully saturated rings. The van der Waals surface area contributed by atoms with Gasteiger partial charge in [-0.05, 0) is 12.8 Å². The van der Waals surface area contributed by atoms with Gasteiger partial charge in [-0.2, -0.15) is 0 Å². The monoisotopic (exact) mass is 219 g/mol. The van der Waals surface area contributed by atoms with Crippen LogP contribution >= 0.6 is 0 Å². The summed E-state index contributed by atoms with van der Waals surface area (Å²) in [6, 6.07) is 0. The highest BCUT2D eigenvalue weighted by molar-refractivity contribution is 5.23. The van der Waals surface area contributed by atoms with Gasteiger partial charge in [-0.3, -0.25) is 9.97 Å². The zero-order valence-corrected chi connectivity index (χ0v) is 9.35. The van der Waals surface area contributed by atoms with Crippen LogP contribution in [0, 0.1) is 0 Å². The number of aromatic nitrogens is 2. The summed E-state index contributed by atoms with van der Waals surface area (Å²) < 4.78 is 5.40. The Balaban J connectivity index is 1.86. The third kappa shape index (κ3) is 1.83. The fraction of sp³-hybridized carbons (Fsp3) is 0.667. The van der Waals surface area contributed by atoms with E-state index in [0.717, 1.165) is 39.1 Å². The van der Waals surface area contributed by atoms with Gasteiger partial charge in [0.2, 0.25) is 0 Å². The van der Waals surface area contributed by atoms with Crippen molar-refractivity contribution in [1.82, 2.24) is 15.3 Å². The standard InChI is InChI=1S/C12H17N3O/c1-5-16-6-2-9(1)11-12(10-7-13-8-10)15-4-3-14-11/h3-4,9-10,13H,1-2,5-8H2. The first kappa shape index (κ1) is 10.2. The van der Waals surface area contributed by atoms with Crippen molar-refractivity contribution < 1.29 is 4.74 Å². The van der Waals surface area contributed by atoms with Crippen molar-refractivity contribution in [2.24, 2.45) is 0 Å². The van der Waals surface area contributed by atoms with Gasteiger partial charge >= 0.3 is 0 Å². The van der Waals surface area contributed by atoms with Crippen LogP contribution in [0.1, 0.15) is 36.1 Å². The molecule has 16 heavy (non-hydrogen) atoms. The average Bonchev–Trinajstić information content (AvgIpc) is 2.29. The van der Waals surface area contributed by atoms with Crippen molar-refractivity contribution >= 4 is 0 Å². The van der Waals surface area contributed by atoms with E-state index < -0.39 is 0 Å². The Hall–Kier alpha value is -1.00. The summed E-state index contributed by atoms with van der Waals surface area (Å²) in [6.45, 7) is 3.83. The molecule has 2 aliphatic heterocycles. The number of ether oxygens (including phenoxy) is 1. The second-order valence-corrected chi connectivity index (χ2v) is 4.57. The predicted molar refractivity (Wildman–Crippen MR) is 60.4 cm³/mol. The second kappa shape index (κ2) is 4.47. The van der Waals surface area contributed by atoms with Gasteiger partial charge in [0, 0.05) is 50.5 Å². The van der Waals surface area contributed by atoms with E-state index in [4.69, 9.17) is 4.74 Å². The van der Waals surface area contributed by atoms with Crippen LogP contribution in [-0.2, 0) is 4.74 Å². The number of hydrogen-bond donors (Lipinski definition) is 1. The molecule has 1 aromatic heterocycles. The molecule has 4 heteroatoms. The highest BCUT2D eigenvalue weighted by Crippen LogP contribution is 2.31. The maximum Gasteiger partial charge on any atom is 0.0677 e. The van der Waals surface area contributed by atoms with Crippen molar-refractivity contribution in [2.75, 3.05) is 26.3 Å². The van der Waals surface area contributed by atoms with Gasteiger partial charge in [0.1, 0.15) is 0 Å². The average molecular weight is 219 g/mol. The van der Waals surface area contributed by atoms with Crippen molar-refractivity contribution in [1.29, 1.82) is 0 Å². The molecule has 0 aliphatic carbocycles. The molecule has 0 atom stereocenters. The predicted octanol–water partition coefficient (Wildman–Crippen LogP) is 1.06. The molecule has 0 spiro atoms. The van der Waals surface area contributed by atoms with Crippen molar-refractivity contribution in [3.8, 4) is 0 Å². The zero-order valence-electron chi connectivity index (χ0n) is 9.35. The van der Waals surface area contributed by atoms with Crippen LogP contribution in [0.4, 0.5) is 0 Å². The Morgan fingerprint density at radius 2 is 1.62 bits per heavy atom. The molecule has 1 N–H and O–H groups in total. The molecular weight excluding hydrogens is 202 g/mol. The second-order valence-electron chi connectivity index (χ2n) is 4.57. The Morgan fingerprint density at radius 1 is 1.00 bits per heavy atom. The van der Waals surface area contributed by atoms with Crippen LogP contribution in [0.15, 0.2) is 12.4 Å². The SMILES string of the molecule is c1cnc(C2CNC2)c(C2CCOCC2)n1. The van der Waals surface area contributed by atoms with Crippen LogP contribution in [0.5, 0.6) is 0 Å². The molecule has 0 bridgehead atoms. The van der Waals surface area contributed by atoms with Gasteiger partial charge in [0.15, 0.2) is 0 Å². The van der Waals surface area contributed by atoms with E-state index >= 15 is 0 Å². The third-order valence-electron chi connectivity index (χ3n) is 3.53. The largest absolute Gasteiger partial charge is 0.381 e. The van der Waals surface area contributed by atoms with Gasteiger partial charge in [0.25, 0.3) is 0 Å². The highest BCUT2D eigenvalue weighted by atomic mass is 16.5. The molecule has 3 heterocycles. The van der Waals surface area contributed by atoms with Crippen molar-refractivity contribution in [3.63, 3.8) is 0 Å². The van der Waals surface area contributed by atoms with Crippen molar-refractivity contribution in [2.45, 2.75) is 24.7 Å². The van der Waals surface area contributed by atoms with Crippen LogP contribution in [-0.4, -0.2) is 36.3 Å². The summed E-state index contributed by atoms with van der Waals surface area (Å²) in [4.78, 5) is 9.09. The minimum Gasteiger partial charge on any atom is -0.381 e. The van der Waals surface area contributed by atoms with Crippen molar-refractivity contribution in [3.05, 3.63) is 23.8 Å². The van der Waals surface area contributed by atoms with E-state index in [1.807, 2.05) is 12.4 Å². The van der Waals surface area contributed by atoms with Gasteiger partial charge < -0.3 is 10.1 Å². The molecule has 0 radical (unpaired) electrons. The summed E-state index contributed by atoms with van der Waals surface area (Å²) in [5.74, 6) is 1.13. The zero-order chi connectivity index (χ0) is 10.8. The lowest BCUT2D eigenvalue weighted by Gasteiger charge is -2.30. The normalized spacial score (nSPS) is 23.0. The number of nitrogens with zero attached hydrogens (tertiary/aromatic N) is 2. The minimum absolute atomic E-state index is 0.554. The lowest BCUT2D eigenvalue weighted by molar-refractivity contribution is 0.0840. The maximum atomic E-state index is 5.40. The number of nitrogens with one attached hydrogen (secondary N) is 1. The summed E-state index contributed by atoms with van der Waals surface area (Å²) in [5, 5.41) is 3.30. The lowest BCUT2D eigenvalue weighted by Crippen LogP contribution is -2.41. The molecule has 0 unspecified atom stereocenters. The number of rotatable bonds is 2. The van der Waals surface area contributed by atoms with Gasteiger partial charge in [-0.25, -0.2) is 0 Å². The van der Waals surface area contributed by atoms with E-state index in [9.17, 15) is 0 Å². The minimum atomic E-state index is 0.554.